The van der Waals surface area contributed by atoms with Crippen LogP contribution in [0.2, 0.25) is 0 Å². The van der Waals surface area contributed by atoms with E-state index in [0.717, 1.165) is 0 Å². The molecule has 0 amide bonds. The Morgan fingerprint density at radius 3 is 1.56 bits per heavy atom. The molecule has 0 aliphatic carbocycles. The summed E-state index contributed by atoms with van der Waals surface area (Å²) in [6.07, 6.45) is -15.8. The van der Waals surface area contributed by atoms with Crippen LogP contribution in [0.1, 0.15) is 0 Å². The average molecular weight is 558 g/mol. The molecule has 0 bridgehead atoms. The number of ether oxygens (including phenoxy) is 7. The second-order valence-electron chi connectivity index (χ2n) is 7.02. The maximum atomic E-state index is 13.5. The highest BCUT2D eigenvalue weighted by atomic mass is 19.3. The highest BCUT2D eigenvalue weighted by Crippen LogP contribution is 2.27. The van der Waals surface area contributed by atoms with Crippen LogP contribution >= 0.6 is 0 Å². The monoisotopic (exact) mass is 558 g/mol. The molecule has 0 saturated heterocycles. The lowest BCUT2D eigenvalue weighted by atomic mass is 10.3. The molecule has 0 rings (SSSR count). The molecule has 10 nitrogen and oxygen atoms in total. The minimum atomic E-state index is -4.55. The van der Waals surface area contributed by atoms with Crippen LogP contribution in [0.25, 0.3) is 0 Å². The van der Waals surface area contributed by atoms with E-state index in [0.29, 0.717) is 0 Å². The third kappa shape index (κ3) is 19.2. The second-order valence-corrected chi connectivity index (χ2v) is 7.02. The van der Waals surface area contributed by atoms with Crippen molar-refractivity contribution in [3.63, 3.8) is 0 Å². The van der Waals surface area contributed by atoms with Gasteiger partial charge in [-0.1, -0.05) is 0 Å². The van der Waals surface area contributed by atoms with Gasteiger partial charge in [0.2, 0.25) is 0 Å². The van der Waals surface area contributed by atoms with Crippen molar-refractivity contribution in [3.05, 3.63) is 0 Å². The van der Waals surface area contributed by atoms with Gasteiger partial charge in [-0.3, -0.25) is 4.74 Å². The first-order valence-corrected chi connectivity index (χ1v) is 10.3. The van der Waals surface area contributed by atoms with Crippen molar-refractivity contribution in [2.75, 3.05) is 79.5 Å². The molecule has 3 N–H and O–H groups in total. The van der Waals surface area contributed by atoms with Crippen molar-refractivity contribution in [3.8, 4) is 0 Å². The Labute approximate surface area is 200 Å². The summed E-state index contributed by atoms with van der Waals surface area (Å²) in [5.41, 5.74) is 0. The van der Waals surface area contributed by atoms with E-state index in [9.17, 15) is 45.3 Å². The van der Waals surface area contributed by atoms with Crippen molar-refractivity contribution in [2.45, 2.75) is 36.8 Å². The van der Waals surface area contributed by atoms with Crippen molar-refractivity contribution in [2.24, 2.45) is 0 Å². The van der Waals surface area contributed by atoms with Gasteiger partial charge in [-0.05, 0) is 0 Å². The number of halogens is 8. The Balaban J connectivity index is 3.93. The van der Waals surface area contributed by atoms with Crippen molar-refractivity contribution >= 4 is 0 Å². The van der Waals surface area contributed by atoms with Gasteiger partial charge in [0.25, 0.3) is 0 Å². The first-order chi connectivity index (χ1) is 16.7. The van der Waals surface area contributed by atoms with E-state index in [4.69, 9.17) is 19.3 Å². The Bertz CT molecular complexity index is 548. The van der Waals surface area contributed by atoms with Crippen LogP contribution in [0.4, 0.5) is 35.1 Å². The summed E-state index contributed by atoms with van der Waals surface area (Å²) < 4.78 is 134. The van der Waals surface area contributed by atoms with Gasteiger partial charge in [0.15, 0.2) is 0 Å². The summed E-state index contributed by atoms with van der Waals surface area (Å²) in [4.78, 5) is 0. The lowest BCUT2D eigenvalue weighted by Gasteiger charge is -2.24. The fourth-order valence-corrected chi connectivity index (χ4v) is 1.98. The number of aliphatic hydroxyl groups excluding tert-OH is 3. The van der Waals surface area contributed by atoms with Gasteiger partial charge in [-0.25, -0.2) is 8.78 Å². The van der Waals surface area contributed by atoms with Crippen LogP contribution < -0.4 is 0 Å². The zero-order valence-electron chi connectivity index (χ0n) is 18.9. The van der Waals surface area contributed by atoms with E-state index in [1.165, 1.54) is 0 Å². The smallest absolute Gasteiger partial charge is 0.383 e. The largest absolute Gasteiger partial charge is 0.394 e. The zero-order chi connectivity index (χ0) is 27.7. The van der Waals surface area contributed by atoms with Gasteiger partial charge in [-0.2, -0.15) is 26.3 Å². The molecule has 0 radical (unpaired) electrons. The quantitative estimate of drug-likeness (QED) is 0.0893. The van der Waals surface area contributed by atoms with E-state index in [1.807, 2.05) is 0 Å². The predicted molar refractivity (Wildman–Crippen MR) is 101 cm³/mol. The summed E-state index contributed by atoms with van der Waals surface area (Å²) in [6, 6.07) is 0. The highest BCUT2D eigenvalue weighted by molar-refractivity contribution is 4.68. The molecule has 0 aliphatic rings. The van der Waals surface area contributed by atoms with Crippen molar-refractivity contribution in [1.82, 2.24) is 0 Å². The molecule has 2 atom stereocenters. The van der Waals surface area contributed by atoms with Crippen LogP contribution in [0, 0.1) is 0 Å². The molecule has 18 heteroatoms. The van der Waals surface area contributed by atoms with Gasteiger partial charge in [0.1, 0.15) is 38.8 Å². The molecule has 0 fully saturated rings. The Kier molecular flexibility index (Phi) is 17.8. The lowest BCUT2D eigenvalue weighted by Crippen LogP contribution is -2.40. The summed E-state index contributed by atoms with van der Waals surface area (Å²) in [7, 11) is 0. The molecule has 0 aliphatic heterocycles. The molecule has 0 saturated carbocycles. The fraction of sp³-hybridized carbons (Fsp3) is 1.00. The van der Waals surface area contributed by atoms with Gasteiger partial charge < -0.3 is 43.7 Å². The molecule has 36 heavy (non-hydrogen) atoms. The first-order valence-electron chi connectivity index (χ1n) is 10.3. The van der Waals surface area contributed by atoms with E-state index in [1.54, 1.807) is 0 Å². The number of alkyl halides is 8. The van der Waals surface area contributed by atoms with Crippen LogP contribution in [0.3, 0.4) is 0 Å². The molecule has 0 aromatic heterocycles. The van der Waals surface area contributed by atoms with E-state index >= 15 is 0 Å². The number of rotatable bonds is 24. The van der Waals surface area contributed by atoms with Gasteiger partial charge in [0, 0.05) is 0 Å². The second kappa shape index (κ2) is 18.3. The van der Waals surface area contributed by atoms with E-state index < -0.39 is 76.6 Å². The fourth-order valence-electron chi connectivity index (χ4n) is 1.98. The maximum Gasteiger partial charge on any atom is 0.383 e. The van der Waals surface area contributed by atoms with E-state index in [-0.39, 0.29) is 39.6 Å². The Morgan fingerprint density at radius 1 is 0.583 bits per heavy atom. The van der Waals surface area contributed by atoms with Gasteiger partial charge in [0.05, 0.1) is 52.9 Å². The molecular formula is C18H30F8O10. The molecule has 0 spiro atoms. The topological polar surface area (TPSA) is 125 Å². The van der Waals surface area contributed by atoms with Gasteiger partial charge in [-0.15, -0.1) is 0 Å². The van der Waals surface area contributed by atoms with Crippen LogP contribution in [0.5, 0.6) is 0 Å². The van der Waals surface area contributed by atoms with E-state index in [2.05, 4.69) is 18.9 Å². The highest BCUT2D eigenvalue weighted by Gasteiger charge is 2.45. The third-order valence-corrected chi connectivity index (χ3v) is 3.47. The van der Waals surface area contributed by atoms with Crippen LogP contribution in [-0.4, -0.2) is 132 Å². The number of aliphatic hydroxyl groups is 3. The average Bonchev–Trinajstić information content (AvgIpc) is 2.74. The van der Waals surface area contributed by atoms with Crippen molar-refractivity contribution in [1.29, 1.82) is 0 Å². The van der Waals surface area contributed by atoms with Crippen LogP contribution in [0.15, 0.2) is 0 Å². The van der Waals surface area contributed by atoms with Crippen LogP contribution in [-0.2, 0) is 33.2 Å². The SMILES string of the molecule is OCCOCC(O)COCCOCOCC(F)(F)OC(F)(F)COCC(O)COCC(F)(F)C(F)F. The normalized spacial score (nSPS) is 15.0. The number of hydrogen-bond donors (Lipinski definition) is 3. The Hall–Kier alpha value is -0.960. The van der Waals surface area contributed by atoms with Gasteiger partial charge >= 0.3 is 24.6 Å². The predicted octanol–water partition coefficient (Wildman–Crippen LogP) is 0.860. The summed E-state index contributed by atoms with van der Waals surface area (Å²) in [6.45, 7) is -8.39. The zero-order valence-corrected chi connectivity index (χ0v) is 18.9. The number of hydrogen-bond acceptors (Lipinski definition) is 10. The maximum absolute atomic E-state index is 13.5. The Morgan fingerprint density at radius 2 is 1.03 bits per heavy atom. The summed E-state index contributed by atoms with van der Waals surface area (Å²) in [5, 5.41) is 27.2. The minimum Gasteiger partial charge on any atom is -0.394 e. The van der Waals surface area contributed by atoms with Crippen molar-refractivity contribution < 1.29 is 83.6 Å². The molecular weight excluding hydrogens is 528 g/mol. The minimum absolute atomic E-state index is 0.0441. The molecule has 218 valence electrons. The lowest BCUT2D eigenvalue weighted by molar-refractivity contribution is -0.396. The third-order valence-electron chi connectivity index (χ3n) is 3.47. The first kappa shape index (κ1) is 35.0. The molecule has 0 aromatic carbocycles. The standard InChI is InChI=1S/C18H30F8O10/c19-15(20)16(21,22)9-33-7-14(29)8-34-10-17(23,24)36-18(25,26)11-35-12-32-4-3-31-6-13(28)5-30-2-1-27/h13-15,27-29H,1-12H2. The molecule has 0 aromatic rings. The summed E-state index contributed by atoms with van der Waals surface area (Å²) >= 11 is 0. The summed E-state index contributed by atoms with van der Waals surface area (Å²) in [5.74, 6) is -4.48. The molecule has 2 unspecified atom stereocenters. The molecule has 0 heterocycles.